The molecule has 106 valence electrons. The Morgan fingerprint density at radius 3 is 2.86 bits per heavy atom. The average molecular weight is 302 g/mol. The van der Waals surface area contributed by atoms with Crippen molar-refractivity contribution in [2.24, 2.45) is 0 Å². The highest BCUT2D eigenvalue weighted by atomic mass is 35.5. The fraction of sp³-hybridized carbons (Fsp3) is 0.0667. The minimum absolute atomic E-state index is 0.288. The predicted molar refractivity (Wildman–Crippen MR) is 82.6 cm³/mol. The second kappa shape index (κ2) is 5.10. The average Bonchev–Trinajstić information content (AvgIpc) is 2.77. The third-order valence-electron chi connectivity index (χ3n) is 2.93. The van der Waals surface area contributed by atoms with Gasteiger partial charge in [0, 0.05) is 28.9 Å². The number of benzene rings is 2. The van der Waals surface area contributed by atoms with Gasteiger partial charge in [-0.05, 0) is 36.4 Å². The fourth-order valence-electron chi connectivity index (χ4n) is 2.07. The van der Waals surface area contributed by atoms with Gasteiger partial charge in [0.2, 0.25) is 0 Å². The lowest BCUT2D eigenvalue weighted by atomic mass is 10.2. The number of nitrogen functional groups attached to an aromatic ring is 1. The van der Waals surface area contributed by atoms with Crippen LogP contribution >= 0.6 is 11.6 Å². The Morgan fingerprint density at radius 2 is 2.10 bits per heavy atom. The van der Waals surface area contributed by atoms with Gasteiger partial charge >= 0.3 is 0 Å². The Hall–Kier alpha value is -2.53. The van der Waals surface area contributed by atoms with E-state index in [1.165, 1.54) is 0 Å². The van der Waals surface area contributed by atoms with Gasteiger partial charge < -0.3 is 15.5 Å². The monoisotopic (exact) mass is 301 g/mol. The zero-order valence-corrected chi connectivity index (χ0v) is 11.9. The molecule has 1 heterocycles. The van der Waals surface area contributed by atoms with Crippen molar-refractivity contribution >= 4 is 40.0 Å². The quantitative estimate of drug-likeness (QED) is 0.708. The molecule has 21 heavy (non-hydrogen) atoms. The maximum absolute atomic E-state index is 12.2. The molecule has 0 fully saturated rings. The molecular formula is C15H12ClN3O2. The van der Waals surface area contributed by atoms with Crippen molar-refractivity contribution in [1.29, 1.82) is 0 Å². The lowest BCUT2D eigenvalue weighted by Crippen LogP contribution is -2.12. The standard InChI is InChI=1S/C15H12ClN3O2/c1-8-18-13-7-12(2-3-14(13)21-8)19-15(20)9-4-10(16)6-11(17)5-9/h2-7H,17H2,1H3,(H,19,20). The summed E-state index contributed by atoms with van der Waals surface area (Å²) in [6.07, 6.45) is 0. The van der Waals surface area contributed by atoms with Gasteiger partial charge in [-0.25, -0.2) is 4.98 Å². The van der Waals surface area contributed by atoms with Crippen molar-refractivity contribution in [3.63, 3.8) is 0 Å². The molecule has 0 bridgehead atoms. The van der Waals surface area contributed by atoms with Crippen molar-refractivity contribution in [2.45, 2.75) is 6.92 Å². The van der Waals surface area contributed by atoms with Gasteiger partial charge in [-0.1, -0.05) is 11.6 Å². The largest absolute Gasteiger partial charge is 0.441 e. The molecule has 0 aliphatic carbocycles. The topological polar surface area (TPSA) is 81.2 Å². The van der Waals surface area contributed by atoms with Crippen molar-refractivity contribution in [2.75, 3.05) is 11.1 Å². The van der Waals surface area contributed by atoms with Gasteiger partial charge in [0.15, 0.2) is 11.5 Å². The summed E-state index contributed by atoms with van der Waals surface area (Å²) in [4.78, 5) is 16.4. The molecule has 2 aromatic carbocycles. The van der Waals surface area contributed by atoms with E-state index in [2.05, 4.69) is 10.3 Å². The second-order valence-corrected chi connectivity index (χ2v) is 5.08. The lowest BCUT2D eigenvalue weighted by Gasteiger charge is -2.06. The summed E-state index contributed by atoms with van der Waals surface area (Å²) in [7, 11) is 0. The first-order chi connectivity index (χ1) is 10.0. The molecule has 0 radical (unpaired) electrons. The van der Waals surface area contributed by atoms with E-state index in [1.54, 1.807) is 43.3 Å². The Bertz CT molecular complexity index is 822. The normalized spacial score (nSPS) is 10.8. The van der Waals surface area contributed by atoms with Crippen molar-refractivity contribution < 1.29 is 9.21 Å². The van der Waals surface area contributed by atoms with E-state index in [4.69, 9.17) is 21.8 Å². The Balaban J connectivity index is 1.88. The summed E-state index contributed by atoms with van der Waals surface area (Å²) in [5.74, 6) is 0.292. The Morgan fingerprint density at radius 1 is 1.29 bits per heavy atom. The number of anilines is 2. The number of carbonyl (C=O) groups is 1. The van der Waals surface area contributed by atoms with E-state index < -0.39 is 0 Å². The molecule has 0 saturated heterocycles. The third-order valence-corrected chi connectivity index (χ3v) is 3.15. The maximum Gasteiger partial charge on any atom is 0.255 e. The molecule has 0 unspecified atom stereocenters. The summed E-state index contributed by atoms with van der Waals surface area (Å²) in [6.45, 7) is 1.77. The molecule has 3 aromatic rings. The van der Waals surface area contributed by atoms with Gasteiger partial charge in [-0.3, -0.25) is 4.79 Å². The zero-order valence-electron chi connectivity index (χ0n) is 11.2. The van der Waals surface area contributed by atoms with Crippen molar-refractivity contribution in [3.05, 3.63) is 52.9 Å². The highest BCUT2D eigenvalue weighted by Gasteiger charge is 2.09. The minimum Gasteiger partial charge on any atom is -0.441 e. The van der Waals surface area contributed by atoms with E-state index in [9.17, 15) is 4.79 Å². The number of fused-ring (bicyclic) bond motifs is 1. The molecule has 1 aromatic heterocycles. The van der Waals surface area contributed by atoms with E-state index in [1.807, 2.05) is 0 Å². The number of hydrogen-bond donors (Lipinski definition) is 2. The number of rotatable bonds is 2. The maximum atomic E-state index is 12.2. The van der Waals surface area contributed by atoms with Gasteiger partial charge in [0.05, 0.1) is 0 Å². The van der Waals surface area contributed by atoms with Crippen LogP contribution in [0.25, 0.3) is 11.1 Å². The van der Waals surface area contributed by atoms with Crippen LogP contribution in [0.2, 0.25) is 5.02 Å². The van der Waals surface area contributed by atoms with Gasteiger partial charge in [0.1, 0.15) is 5.52 Å². The first-order valence-corrected chi connectivity index (χ1v) is 6.64. The summed E-state index contributed by atoms with van der Waals surface area (Å²) >= 11 is 5.90. The van der Waals surface area contributed by atoms with Gasteiger partial charge in [0.25, 0.3) is 5.91 Å². The highest BCUT2D eigenvalue weighted by molar-refractivity contribution is 6.31. The molecule has 0 aliphatic heterocycles. The molecule has 5 nitrogen and oxygen atoms in total. The molecule has 1 amide bonds. The van der Waals surface area contributed by atoms with Crippen LogP contribution in [0.3, 0.4) is 0 Å². The number of nitrogens with one attached hydrogen (secondary N) is 1. The molecular weight excluding hydrogens is 290 g/mol. The molecule has 0 saturated carbocycles. The number of nitrogens with zero attached hydrogens (tertiary/aromatic N) is 1. The summed E-state index contributed by atoms with van der Waals surface area (Å²) < 4.78 is 5.39. The minimum atomic E-state index is -0.288. The van der Waals surface area contributed by atoms with Crippen molar-refractivity contribution in [1.82, 2.24) is 4.98 Å². The number of oxazole rings is 1. The number of amides is 1. The predicted octanol–water partition coefficient (Wildman–Crippen LogP) is 3.62. The van der Waals surface area contributed by atoms with Gasteiger partial charge in [-0.2, -0.15) is 0 Å². The third kappa shape index (κ3) is 2.83. The summed E-state index contributed by atoms with van der Waals surface area (Å²) in [5, 5.41) is 3.20. The van der Waals surface area contributed by atoms with E-state index in [0.717, 1.165) is 0 Å². The first kappa shape index (κ1) is 13.5. The lowest BCUT2D eigenvalue weighted by molar-refractivity contribution is 0.102. The van der Waals surface area contributed by atoms with Gasteiger partial charge in [-0.15, -0.1) is 0 Å². The first-order valence-electron chi connectivity index (χ1n) is 6.26. The van der Waals surface area contributed by atoms with Crippen LogP contribution < -0.4 is 11.1 Å². The van der Waals surface area contributed by atoms with Crippen LogP contribution in [-0.2, 0) is 0 Å². The molecule has 3 N–H and O–H groups in total. The second-order valence-electron chi connectivity index (χ2n) is 4.64. The molecule has 0 aliphatic rings. The zero-order chi connectivity index (χ0) is 15.0. The Kier molecular flexibility index (Phi) is 3.27. The van der Waals surface area contributed by atoms with E-state index >= 15 is 0 Å². The van der Waals surface area contributed by atoms with Crippen molar-refractivity contribution in [3.8, 4) is 0 Å². The smallest absolute Gasteiger partial charge is 0.255 e. The SMILES string of the molecule is Cc1nc2cc(NC(=O)c3cc(N)cc(Cl)c3)ccc2o1. The fourth-order valence-corrected chi connectivity index (χ4v) is 2.31. The molecule has 6 heteroatoms. The van der Waals surface area contributed by atoms with Crippen LogP contribution in [0, 0.1) is 6.92 Å². The Labute approximate surface area is 125 Å². The van der Waals surface area contributed by atoms with Crippen LogP contribution in [-0.4, -0.2) is 10.9 Å². The number of nitrogens with two attached hydrogens (primary N) is 1. The number of aromatic nitrogens is 1. The molecule has 0 atom stereocenters. The van der Waals surface area contributed by atoms with E-state index in [0.29, 0.717) is 39.0 Å². The van der Waals surface area contributed by atoms with Crippen LogP contribution in [0.4, 0.5) is 11.4 Å². The number of hydrogen-bond acceptors (Lipinski definition) is 4. The number of carbonyl (C=O) groups excluding carboxylic acids is 1. The number of aryl methyl sites for hydroxylation is 1. The summed E-state index contributed by atoms with van der Waals surface area (Å²) in [6, 6.07) is 9.97. The van der Waals surface area contributed by atoms with E-state index in [-0.39, 0.29) is 5.91 Å². The summed E-state index contributed by atoms with van der Waals surface area (Å²) in [5.41, 5.74) is 8.51. The van der Waals surface area contributed by atoms with Crippen LogP contribution in [0.5, 0.6) is 0 Å². The highest BCUT2D eigenvalue weighted by Crippen LogP contribution is 2.21. The molecule has 0 spiro atoms. The molecule has 3 rings (SSSR count). The number of halogens is 1. The van der Waals surface area contributed by atoms with Crippen LogP contribution in [0.1, 0.15) is 16.2 Å². The van der Waals surface area contributed by atoms with Crippen LogP contribution in [0.15, 0.2) is 40.8 Å².